The third-order valence-corrected chi connectivity index (χ3v) is 9.31. The molecule has 0 radical (unpaired) electrons. The first kappa shape index (κ1) is 21.6. The van der Waals surface area contributed by atoms with Crippen molar-refractivity contribution in [3.63, 3.8) is 0 Å². The number of halogens is 1. The molecule has 0 saturated carbocycles. The van der Waals surface area contributed by atoms with Gasteiger partial charge in [0, 0.05) is 21.6 Å². The van der Waals surface area contributed by atoms with E-state index in [4.69, 9.17) is 4.74 Å². The van der Waals surface area contributed by atoms with E-state index in [1.165, 1.54) is 11.5 Å². The quantitative estimate of drug-likeness (QED) is 0.533. The van der Waals surface area contributed by atoms with Gasteiger partial charge >= 0.3 is 6.09 Å². The molecule has 4 rings (SSSR count). The largest absolute Gasteiger partial charge is 0.443 e. The molecule has 0 amide bonds. The zero-order chi connectivity index (χ0) is 22.0. The zero-order valence-electron chi connectivity index (χ0n) is 17.6. The van der Waals surface area contributed by atoms with Gasteiger partial charge in [-0.15, -0.1) is 0 Å². The van der Waals surface area contributed by atoms with Crippen LogP contribution in [0.4, 0.5) is 4.79 Å². The van der Waals surface area contributed by atoms with Gasteiger partial charge in [-0.25, -0.2) is 13.2 Å². The lowest BCUT2D eigenvalue weighted by molar-refractivity contribution is 0.0544. The summed E-state index contributed by atoms with van der Waals surface area (Å²) in [7, 11) is -3.05. The molecule has 30 heavy (non-hydrogen) atoms. The summed E-state index contributed by atoms with van der Waals surface area (Å²) in [4.78, 5) is 25.4. The molecular weight excluding hydrogens is 470 g/mol. The van der Waals surface area contributed by atoms with Crippen molar-refractivity contribution in [3.05, 3.63) is 33.9 Å². The summed E-state index contributed by atoms with van der Waals surface area (Å²) >= 11 is 3.49. The van der Waals surface area contributed by atoms with E-state index in [2.05, 4.69) is 15.9 Å². The van der Waals surface area contributed by atoms with E-state index in [1.807, 2.05) is 6.07 Å². The fraction of sp³-hybridized carbons (Fsp3) is 0.545. The first-order valence-electron chi connectivity index (χ1n) is 10.2. The molecule has 0 spiro atoms. The molecule has 3 heterocycles. The first-order valence-corrected chi connectivity index (χ1v) is 12.6. The Morgan fingerprint density at radius 1 is 1.13 bits per heavy atom. The van der Waals surface area contributed by atoms with Crippen molar-refractivity contribution in [2.45, 2.75) is 75.4 Å². The second-order valence-electron chi connectivity index (χ2n) is 9.42. The van der Waals surface area contributed by atoms with Crippen LogP contribution in [0.3, 0.4) is 0 Å². The molecule has 2 bridgehead atoms. The number of hydrogen-bond donors (Lipinski definition) is 0. The normalized spacial score (nSPS) is 25.4. The third-order valence-electron chi connectivity index (χ3n) is 6.14. The molecule has 0 N–H and O–H groups in total. The van der Waals surface area contributed by atoms with Crippen molar-refractivity contribution >= 4 is 48.5 Å². The van der Waals surface area contributed by atoms with Gasteiger partial charge in [-0.2, -0.15) is 0 Å². The molecular formula is C22H26BrNO5S. The van der Waals surface area contributed by atoms with Crippen molar-refractivity contribution in [2.24, 2.45) is 0 Å². The van der Waals surface area contributed by atoms with E-state index in [9.17, 15) is 18.0 Å². The summed E-state index contributed by atoms with van der Waals surface area (Å²) in [6.45, 7) is 6.86. The van der Waals surface area contributed by atoms with Crippen molar-refractivity contribution in [1.29, 1.82) is 0 Å². The van der Waals surface area contributed by atoms with E-state index in [0.29, 0.717) is 36.8 Å². The van der Waals surface area contributed by atoms with Crippen LogP contribution in [0.25, 0.3) is 10.9 Å². The number of fused-ring (bicyclic) bond motifs is 3. The number of hydrogen-bond acceptors (Lipinski definition) is 5. The van der Waals surface area contributed by atoms with Gasteiger partial charge in [-0.1, -0.05) is 15.9 Å². The van der Waals surface area contributed by atoms with Gasteiger partial charge in [0.1, 0.15) is 5.60 Å². The summed E-state index contributed by atoms with van der Waals surface area (Å²) in [5.41, 5.74) is 1.18. The maximum atomic E-state index is 13.0. The average molecular weight is 496 g/mol. The lowest BCUT2D eigenvalue weighted by atomic mass is 9.90. The molecule has 2 fully saturated rings. The SMILES string of the molecule is CC(=O)c1cc(Br)cc2c(C3CC4CCC(C3)S4(=O)=O)cn(C(=O)OC(C)(C)C)c12. The molecule has 2 aromatic rings. The highest BCUT2D eigenvalue weighted by molar-refractivity contribution is 9.10. The van der Waals surface area contributed by atoms with Gasteiger partial charge in [-0.05, 0) is 77.0 Å². The van der Waals surface area contributed by atoms with Gasteiger partial charge in [0.15, 0.2) is 15.6 Å². The topological polar surface area (TPSA) is 82.4 Å². The summed E-state index contributed by atoms with van der Waals surface area (Å²) < 4.78 is 32.9. The summed E-state index contributed by atoms with van der Waals surface area (Å²) in [6.07, 6.45) is 3.71. The van der Waals surface area contributed by atoms with Crippen LogP contribution in [-0.2, 0) is 14.6 Å². The van der Waals surface area contributed by atoms with Crippen molar-refractivity contribution < 1.29 is 22.7 Å². The number of sulfone groups is 1. The van der Waals surface area contributed by atoms with E-state index >= 15 is 0 Å². The Morgan fingerprint density at radius 3 is 2.27 bits per heavy atom. The molecule has 0 aliphatic carbocycles. The van der Waals surface area contributed by atoms with Crippen LogP contribution in [0.15, 0.2) is 22.8 Å². The maximum absolute atomic E-state index is 13.0. The number of ketones is 1. The zero-order valence-corrected chi connectivity index (χ0v) is 20.0. The Balaban J connectivity index is 1.89. The molecule has 2 aliphatic rings. The van der Waals surface area contributed by atoms with Gasteiger partial charge in [-0.3, -0.25) is 9.36 Å². The highest BCUT2D eigenvalue weighted by Crippen LogP contribution is 2.47. The second-order valence-corrected chi connectivity index (χ2v) is 12.8. The van der Waals surface area contributed by atoms with Crippen LogP contribution in [0, 0.1) is 0 Å². The molecule has 2 unspecified atom stereocenters. The number of nitrogens with zero attached hydrogens (tertiary/aromatic N) is 1. The van der Waals surface area contributed by atoms with Crippen LogP contribution < -0.4 is 0 Å². The molecule has 2 atom stereocenters. The highest BCUT2D eigenvalue weighted by Gasteiger charge is 2.47. The minimum absolute atomic E-state index is 0.0197. The van der Waals surface area contributed by atoms with Crippen molar-refractivity contribution in [2.75, 3.05) is 0 Å². The molecule has 6 nitrogen and oxygen atoms in total. The highest BCUT2D eigenvalue weighted by atomic mass is 79.9. The van der Waals surface area contributed by atoms with Gasteiger partial charge in [0.05, 0.1) is 16.0 Å². The third kappa shape index (κ3) is 3.62. The number of carbonyl (C=O) groups is 2. The molecule has 2 aliphatic heterocycles. The van der Waals surface area contributed by atoms with Crippen LogP contribution >= 0.6 is 15.9 Å². The Morgan fingerprint density at radius 2 is 1.73 bits per heavy atom. The minimum atomic E-state index is -3.05. The van der Waals surface area contributed by atoms with Crippen LogP contribution in [0.1, 0.15) is 75.2 Å². The van der Waals surface area contributed by atoms with Crippen LogP contribution in [-0.4, -0.2) is 41.0 Å². The lowest BCUT2D eigenvalue weighted by Gasteiger charge is -2.27. The number of ether oxygens (including phenoxy) is 1. The monoisotopic (exact) mass is 495 g/mol. The van der Waals surface area contributed by atoms with Gasteiger partial charge < -0.3 is 4.74 Å². The van der Waals surface area contributed by atoms with Crippen LogP contribution in [0.5, 0.6) is 0 Å². The summed E-state index contributed by atoms with van der Waals surface area (Å²) in [5.74, 6) is -0.131. The van der Waals surface area contributed by atoms with Crippen molar-refractivity contribution in [1.82, 2.24) is 4.57 Å². The summed E-state index contributed by atoms with van der Waals surface area (Å²) in [6, 6.07) is 3.62. The standard InChI is InChI=1S/C22H26BrNO5S/c1-12(25)17-9-14(23)10-18-19(11-24(20(17)18)21(26)29-22(2,3)4)13-7-15-5-6-16(8-13)30(15,27)28/h9-11,13,15-16H,5-8H2,1-4H3. The summed E-state index contributed by atoms with van der Waals surface area (Å²) in [5, 5.41) is 0.158. The Bertz CT molecular complexity index is 1140. The Labute approximate surface area is 185 Å². The predicted molar refractivity (Wildman–Crippen MR) is 119 cm³/mol. The predicted octanol–water partition coefficient (Wildman–Crippen LogP) is 5.21. The fourth-order valence-corrected chi connectivity index (χ4v) is 7.79. The number of Topliss-reactive ketones (excluding diaryl/α,β-unsaturated/α-hetero) is 1. The maximum Gasteiger partial charge on any atom is 0.419 e. The average Bonchev–Trinajstić information content (AvgIpc) is 2.99. The second kappa shape index (κ2) is 7.19. The smallest absolute Gasteiger partial charge is 0.419 e. The molecule has 8 heteroatoms. The van der Waals surface area contributed by atoms with Crippen LogP contribution in [0.2, 0.25) is 0 Å². The number of benzene rings is 1. The minimum Gasteiger partial charge on any atom is -0.443 e. The Kier molecular flexibility index (Phi) is 5.17. The van der Waals surface area contributed by atoms with E-state index in [-0.39, 0.29) is 22.2 Å². The first-order chi connectivity index (χ1) is 13.9. The van der Waals surface area contributed by atoms with E-state index in [0.717, 1.165) is 15.4 Å². The lowest BCUT2D eigenvalue weighted by Crippen LogP contribution is -2.32. The molecule has 2 saturated heterocycles. The molecule has 162 valence electrons. The van der Waals surface area contributed by atoms with E-state index < -0.39 is 21.5 Å². The number of rotatable bonds is 2. The fourth-order valence-electron chi connectivity index (χ4n) is 4.86. The van der Waals surface area contributed by atoms with E-state index in [1.54, 1.807) is 33.0 Å². The Hall–Kier alpha value is -1.67. The molecule has 1 aromatic carbocycles. The molecule has 1 aromatic heterocycles. The van der Waals surface area contributed by atoms with Gasteiger partial charge in [0.2, 0.25) is 0 Å². The number of aromatic nitrogens is 1. The number of carbonyl (C=O) groups excluding carboxylic acids is 2. The van der Waals surface area contributed by atoms with Crippen molar-refractivity contribution in [3.8, 4) is 0 Å². The van der Waals surface area contributed by atoms with Gasteiger partial charge in [0.25, 0.3) is 0 Å².